The van der Waals surface area contributed by atoms with Crippen LogP contribution in [0, 0.1) is 0 Å². The van der Waals surface area contributed by atoms with Crippen molar-refractivity contribution < 1.29 is 19.0 Å². The predicted molar refractivity (Wildman–Crippen MR) is 84.3 cm³/mol. The van der Waals surface area contributed by atoms with E-state index in [2.05, 4.69) is 15.6 Å². The van der Waals surface area contributed by atoms with Gasteiger partial charge in [0.2, 0.25) is 6.79 Å². The molecule has 1 amide bonds. The van der Waals surface area contributed by atoms with Gasteiger partial charge in [0, 0.05) is 31.6 Å². The zero-order valence-corrected chi connectivity index (χ0v) is 12.7. The molecule has 0 fully saturated rings. The first-order chi connectivity index (χ1) is 11.3. The van der Waals surface area contributed by atoms with Crippen molar-refractivity contribution in [2.75, 3.05) is 32.4 Å². The molecule has 2 aromatic rings. The molecule has 0 unspecified atom stereocenters. The highest BCUT2D eigenvalue weighted by molar-refractivity contribution is 5.94. The van der Waals surface area contributed by atoms with Crippen LogP contribution in [-0.4, -0.2) is 37.9 Å². The van der Waals surface area contributed by atoms with Crippen LogP contribution in [0.5, 0.6) is 11.5 Å². The minimum absolute atomic E-state index is 0.191. The third kappa shape index (κ3) is 3.70. The Labute approximate surface area is 133 Å². The SMILES string of the molecule is COCCNC(=O)c1cncc(Nc2ccc3c(c2)OCO3)c1. The molecule has 1 aromatic carbocycles. The van der Waals surface area contributed by atoms with E-state index >= 15 is 0 Å². The lowest BCUT2D eigenvalue weighted by Gasteiger charge is -2.09. The summed E-state index contributed by atoms with van der Waals surface area (Å²) in [5.74, 6) is 1.22. The number of benzene rings is 1. The molecule has 2 heterocycles. The molecular weight excluding hydrogens is 298 g/mol. The summed E-state index contributed by atoms with van der Waals surface area (Å²) in [6.07, 6.45) is 3.17. The number of aromatic nitrogens is 1. The Balaban J connectivity index is 1.69. The fraction of sp³-hybridized carbons (Fsp3) is 0.250. The molecule has 0 saturated carbocycles. The number of anilines is 2. The average molecular weight is 315 g/mol. The van der Waals surface area contributed by atoms with E-state index in [1.807, 2.05) is 18.2 Å². The number of pyridine rings is 1. The lowest BCUT2D eigenvalue weighted by molar-refractivity contribution is 0.0937. The highest BCUT2D eigenvalue weighted by Crippen LogP contribution is 2.35. The van der Waals surface area contributed by atoms with Crippen LogP contribution in [-0.2, 0) is 4.74 Å². The van der Waals surface area contributed by atoms with Crippen LogP contribution in [0.3, 0.4) is 0 Å². The van der Waals surface area contributed by atoms with Crippen LogP contribution in [0.25, 0.3) is 0 Å². The molecule has 7 heteroatoms. The minimum atomic E-state index is -0.191. The Morgan fingerprint density at radius 1 is 1.22 bits per heavy atom. The lowest BCUT2D eigenvalue weighted by Crippen LogP contribution is -2.27. The number of fused-ring (bicyclic) bond motifs is 1. The first-order valence-electron chi connectivity index (χ1n) is 7.15. The number of nitrogens with zero attached hydrogens (tertiary/aromatic N) is 1. The molecule has 0 saturated heterocycles. The Kier molecular flexibility index (Phi) is 4.58. The normalized spacial score (nSPS) is 12.0. The average Bonchev–Trinajstić information content (AvgIpc) is 3.03. The van der Waals surface area contributed by atoms with Crippen molar-refractivity contribution in [3.63, 3.8) is 0 Å². The quantitative estimate of drug-likeness (QED) is 0.793. The van der Waals surface area contributed by atoms with E-state index in [9.17, 15) is 4.79 Å². The zero-order chi connectivity index (χ0) is 16.1. The van der Waals surface area contributed by atoms with Gasteiger partial charge in [-0.05, 0) is 18.2 Å². The summed E-state index contributed by atoms with van der Waals surface area (Å²) in [7, 11) is 1.59. The van der Waals surface area contributed by atoms with E-state index in [0.29, 0.717) is 30.2 Å². The number of methoxy groups -OCH3 is 1. The van der Waals surface area contributed by atoms with Gasteiger partial charge in [-0.15, -0.1) is 0 Å². The summed E-state index contributed by atoms with van der Waals surface area (Å²) < 4.78 is 15.5. The summed E-state index contributed by atoms with van der Waals surface area (Å²) in [6, 6.07) is 7.28. The number of carbonyl (C=O) groups excluding carboxylic acids is 1. The molecule has 0 radical (unpaired) electrons. The maximum atomic E-state index is 12.0. The summed E-state index contributed by atoms with van der Waals surface area (Å²) in [5, 5.41) is 5.95. The summed E-state index contributed by atoms with van der Waals surface area (Å²) in [6.45, 7) is 1.15. The van der Waals surface area contributed by atoms with Gasteiger partial charge in [-0.1, -0.05) is 0 Å². The molecule has 1 aromatic heterocycles. The summed E-state index contributed by atoms with van der Waals surface area (Å²) in [5.41, 5.74) is 2.02. The van der Waals surface area contributed by atoms with Crippen LogP contribution in [0.1, 0.15) is 10.4 Å². The standard InChI is InChI=1S/C16H17N3O4/c1-21-5-4-18-16(20)11-6-13(9-17-8-11)19-12-2-3-14-15(7-12)23-10-22-14/h2-3,6-9,19H,4-5,10H2,1H3,(H,18,20). The van der Waals surface area contributed by atoms with E-state index in [4.69, 9.17) is 14.2 Å². The molecule has 2 N–H and O–H groups in total. The van der Waals surface area contributed by atoms with Crippen molar-refractivity contribution in [1.82, 2.24) is 10.3 Å². The van der Waals surface area contributed by atoms with E-state index in [0.717, 1.165) is 11.4 Å². The minimum Gasteiger partial charge on any atom is -0.454 e. The van der Waals surface area contributed by atoms with Crippen LogP contribution in [0.2, 0.25) is 0 Å². The molecule has 120 valence electrons. The number of hydrogen-bond acceptors (Lipinski definition) is 6. The van der Waals surface area contributed by atoms with Gasteiger partial charge in [-0.2, -0.15) is 0 Å². The van der Waals surface area contributed by atoms with E-state index in [1.165, 1.54) is 6.20 Å². The van der Waals surface area contributed by atoms with Gasteiger partial charge in [0.1, 0.15) is 0 Å². The molecule has 3 rings (SSSR count). The number of rotatable bonds is 6. The fourth-order valence-corrected chi connectivity index (χ4v) is 2.14. The Hall–Kier alpha value is -2.80. The Bertz CT molecular complexity index is 705. The van der Waals surface area contributed by atoms with Crippen LogP contribution < -0.4 is 20.1 Å². The molecule has 1 aliphatic rings. The molecule has 7 nitrogen and oxygen atoms in total. The van der Waals surface area contributed by atoms with Gasteiger partial charge in [-0.3, -0.25) is 9.78 Å². The van der Waals surface area contributed by atoms with Crippen molar-refractivity contribution in [2.45, 2.75) is 0 Å². The van der Waals surface area contributed by atoms with E-state index in [1.54, 1.807) is 19.4 Å². The zero-order valence-electron chi connectivity index (χ0n) is 12.7. The fourth-order valence-electron chi connectivity index (χ4n) is 2.14. The number of ether oxygens (including phenoxy) is 3. The lowest BCUT2D eigenvalue weighted by atomic mass is 10.2. The number of nitrogens with one attached hydrogen (secondary N) is 2. The second-order valence-corrected chi connectivity index (χ2v) is 4.90. The monoisotopic (exact) mass is 315 g/mol. The number of amides is 1. The van der Waals surface area contributed by atoms with E-state index < -0.39 is 0 Å². The second kappa shape index (κ2) is 6.97. The first kappa shape index (κ1) is 15.1. The molecule has 0 bridgehead atoms. The Morgan fingerprint density at radius 2 is 2.09 bits per heavy atom. The highest BCUT2D eigenvalue weighted by Gasteiger charge is 2.13. The van der Waals surface area contributed by atoms with Crippen LogP contribution in [0.4, 0.5) is 11.4 Å². The number of hydrogen-bond donors (Lipinski definition) is 2. The molecule has 0 aliphatic carbocycles. The van der Waals surface area contributed by atoms with Crippen molar-refractivity contribution in [3.8, 4) is 11.5 Å². The van der Waals surface area contributed by atoms with Crippen LogP contribution >= 0.6 is 0 Å². The van der Waals surface area contributed by atoms with Crippen LogP contribution in [0.15, 0.2) is 36.7 Å². The third-order valence-electron chi connectivity index (χ3n) is 3.25. The van der Waals surface area contributed by atoms with Gasteiger partial charge in [-0.25, -0.2) is 0 Å². The molecular formula is C16H17N3O4. The van der Waals surface area contributed by atoms with Gasteiger partial charge in [0.15, 0.2) is 11.5 Å². The summed E-state index contributed by atoms with van der Waals surface area (Å²) in [4.78, 5) is 16.1. The van der Waals surface area contributed by atoms with Gasteiger partial charge < -0.3 is 24.8 Å². The van der Waals surface area contributed by atoms with Crippen molar-refractivity contribution in [3.05, 3.63) is 42.2 Å². The first-order valence-corrected chi connectivity index (χ1v) is 7.15. The molecule has 23 heavy (non-hydrogen) atoms. The van der Waals surface area contributed by atoms with Crippen molar-refractivity contribution in [1.29, 1.82) is 0 Å². The smallest absolute Gasteiger partial charge is 0.253 e. The summed E-state index contributed by atoms with van der Waals surface area (Å²) >= 11 is 0. The predicted octanol–water partition coefficient (Wildman–Crippen LogP) is 1.93. The maximum Gasteiger partial charge on any atom is 0.253 e. The van der Waals surface area contributed by atoms with Gasteiger partial charge in [0.05, 0.1) is 24.1 Å². The number of carbonyl (C=O) groups is 1. The van der Waals surface area contributed by atoms with Crippen molar-refractivity contribution >= 4 is 17.3 Å². The Morgan fingerprint density at radius 3 is 2.96 bits per heavy atom. The molecule has 1 aliphatic heterocycles. The molecule has 0 spiro atoms. The van der Waals surface area contributed by atoms with Gasteiger partial charge in [0.25, 0.3) is 5.91 Å². The molecule has 0 atom stereocenters. The van der Waals surface area contributed by atoms with E-state index in [-0.39, 0.29) is 12.7 Å². The maximum absolute atomic E-state index is 12.0. The van der Waals surface area contributed by atoms with Crippen molar-refractivity contribution in [2.24, 2.45) is 0 Å². The largest absolute Gasteiger partial charge is 0.454 e. The third-order valence-corrected chi connectivity index (χ3v) is 3.25. The van der Waals surface area contributed by atoms with Gasteiger partial charge >= 0.3 is 0 Å². The second-order valence-electron chi connectivity index (χ2n) is 4.90. The highest BCUT2D eigenvalue weighted by atomic mass is 16.7. The topological polar surface area (TPSA) is 81.7 Å².